The Labute approximate surface area is 249 Å². The van der Waals surface area contributed by atoms with Crippen molar-refractivity contribution in [3.8, 4) is 18.2 Å². The third kappa shape index (κ3) is 5.79. The van der Waals surface area contributed by atoms with Crippen LogP contribution in [0.15, 0.2) is 60.8 Å². The Bertz CT molecular complexity index is 1750. The first-order valence-corrected chi connectivity index (χ1v) is 13.4. The summed E-state index contributed by atoms with van der Waals surface area (Å²) in [6.45, 7) is 0. The van der Waals surface area contributed by atoms with Gasteiger partial charge in [0.2, 0.25) is 11.8 Å². The average Bonchev–Trinajstić information content (AvgIpc) is 3.39. The zero-order valence-corrected chi connectivity index (χ0v) is 22.9. The van der Waals surface area contributed by atoms with Crippen LogP contribution in [-0.4, -0.2) is 40.7 Å². The fourth-order valence-electron chi connectivity index (χ4n) is 5.41. The number of hydrogen-bond acceptors (Lipinski definition) is 7. The van der Waals surface area contributed by atoms with Crippen molar-refractivity contribution < 1.29 is 27.6 Å². The summed E-state index contributed by atoms with van der Waals surface area (Å²) >= 11 is 0. The van der Waals surface area contributed by atoms with E-state index in [0.717, 1.165) is 15.9 Å². The molecule has 220 valence electrons. The van der Waals surface area contributed by atoms with Crippen LogP contribution >= 0.6 is 0 Å². The lowest BCUT2D eigenvalue weighted by Gasteiger charge is -2.39. The molecule has 1 N–H and O–H groups in total. The maximum absolute atomic E-state index is 15.4. The molecule has 1 saturated carbocycles. The lowest BCUT2D eigenvalue weighted by atomic mass is 9.87. The van der Waals surface area contributed by atoms with Gasteiger partial charge in [0, 0.05) is 42.8 Å². The predicted octanol–water partition coefficient (Wildman–Crippen LogP) is 4.02. The topological polar surface area (TPSA) is 154 Å². The minimum atomic E-state index is -2.99. The first-order chi connectivity index (χ1) is 21.0. The van der Waals surface area contributed by atoms with E-state index in [9.17, 15) is 39.0 Å². The fraction of sp³-hybridized carbons (Fsp3) is 0.258. The van der Waals surface area contributed by atoms with Crippen molar-refractivity contribution in [1.29, 1.82) is 15.8 Å². The second-order valence-electron chi connectivity index (χ2n) is 10.4. The third-order valence-electron chi connectivity index (χ3n) is 7.45. The van der Waals surface area contributed by atoms with Gasteiger partial charge in [0.25, 0.3) is 11.8 Å². The number of amides is 3. The highest BCUT2D eigenvalue weighted by atomic mass is 19.3. The lowest BCUT2D eigenvalue weighted by Crippen LogP contribution is -2.56. The molecule has 0 spiro atoms. The maximum atomic E-state index is 15.4. The van der Waals surface area contributed by atoms with Crippen molar-refractivity contribution in [3.63, 3.8) is 0 Å². The molecular formula is C31H22F3N7O3. The SMILES string of the molecule is N#Cc1cc(C#N)cc(N(C(=O)C2CCC(=O)N2c2cc(C#N)ccn2)C(C(=O)NC2CC(F)(F)C2)c2ccccc2F)c1. The van der Waals surface area contributed by atoms with Gasteiger partial charge < -0.3 is 5.32 Å². The summed E-state index contributed by atoms with van der Waals surface area (Å²) in [5.74, 6) is -6.25. The van der Waals surface area contributed by atoms with E-state index >= 15 is 4.39 Å². The molecule has 44 heavy (non-hydrogen) atoms. The molecule has 1 aromatic heterocycles. The first kappa shape index (κ1) is 29.7. The van der Waals surface area contributed by atoms with Crippen LogP contribution in [-0.2, 0) is 14.4 Å². The van der Waals surface area contributed by atoms with E-state index in [-0.39, 0.29) is 46.6 Å². The molecule has 2 aromatic carbocycles. The van der Waals surface area contributed by atoms with Crippen LogP contribution in [0.3, 0.4) is 0 Å². The van der Waals surface area contributed by atoms with Gasteiger partial charge in [-0.25, -0.2) is 18.2 Å². The number of benzene rings is 2. The minimum absolute atomic E-state index is 0.00284. The zero-order valence-electron chi connectivity index (χ0n) is 22.9. The van der Waals surface area contributed by atoms with Gasteiger partial charge in [-0.2, -0.15) is 15.8 Å². The zero-order chi connectivity index (χ0) is 31.6. The monoisotopic (exact) mass is 597 g/mol. The summed E-state index contributed by atoms with van der Waals surface area (Å²) in [6.07, 6.45) is -0.150. The number of nitrogens with zero attached hydrogens (tertiary/aromatic N) is 6. The van der Waals surface area contributed by atoms with E-state index in [4.69, 9.17) is 0 Å². The smallest absolute Gasteiger partial charge is 0.252 e. The van der Waals surface area contributed by atoms with Gasteiger partial charge in [0.05, 0.1) is 34.9 Å². The summed E-state index contributed by atoms with van der Waals surface area (Å²) in [4.78, 5) is 47.6. The Kier molecular flexibility index (Phi) is 8.02. The molecule has 0 bridgehead atoms. The number of pyridine rings is 1. The molecule has 2 unspecified atom stereocenters. The number of nitrogens with one attached hydrogen (secondary N) is 1. The highest BCUT2D eigenvalue weighted by Crippen LogP contribution is 2.39. The molecular weight excluding hydrogens is 575 g/mol. The van der Waals surface area contributed by atoms with Crippen LogP contribution in [0.1, 0.15) is 54.0 Å². The number of carbonyl (C=O) groups is 3. The van der Waals surface area contributed by atoms with Crippen molar-refractivity contribution in [1.82, 2.24) is 10.3 Å². The number of nitriles is 3. The van der Waals surface area contributed by atoms with Crippen LogP contribution < -0.4 is 15.1 Å². The number of carbonyl (C=O) groups excluding carboxylic acids is 3. The van der Waals surface area contributed by atoms with Gasteiger partial charge in [0.15, 0.2) is 0 Å². The Morgan fingerprint density at radius 1 is 1.00 bits per heavy atom. The number of alkyl halides is 2. The molecule has 0 radical (unpaired) electrons. The van der Waals surface area contributed by atoms with Crippen LogP contribution in [0.5, 0.6) is 0 Å². The van der Waals surface area contributed by atoms with Crippen molar-refractivity contribution in [2.45, 2.75) is 49.7 Å². The first-order valence-electron chi connectivity index (χ1n) is 13.4. The highest BCUT2D eigenvalue weighted by molar-refractivity contribution is 6.10. The number of aromatic nitrogens is 1. The summed E-state index contributed by atoms with van der Waals surface area (Å²) in [5.41, 5.74) is -0.354. The second kappa shape index (κ2) is 11.9. The molecule has 3 aromatic rings. The standard InChI is InChI=1S/C31H22F3N7O3/c32-24-4-2-1-3-23(24)28(29(43)39-21-13-31(33,34)14-21)40(22-10-19(16-36)9-20(11-22)17-37)30(44)25-5-6-27(42)41(25)26-12-18(15-35)7-8-38-26/h1-4,7-12,21,25,28H,5-6,13-14H2,(H,39,43). The molecule has 2 aliphatic rings. The number of rotatable bonds is 7. The summed E-state index contributed by atoms with van der Waals surface area (Å²) < 4.78 is 42.7. The van der Waals surface area contributed by atoms with Crippen LogP contribution in [0, 0.1) is 39.8 Å². The molecule has 1 aliphatic heterocycles. The fourth-order valence-corrected chi connectivity index (χ4v) is 5.41. The van der Waals surface area contributed by atoms with E-state index in [2.05, 4.69) is 10.3 Å². The molecule has 5 rings (SSSR count). The van der Waals surface area contributed by atoms with Gasteiger partial charge in [-0.1, -0.05) is 18.2 Å². The Hall–Kier alpha value is -5.74. The molecule has 1 aliphatic carbocycles. The molecule has 2 heterocycles. The van der Waals surface area contributed by atoms with E-state index in [0.29, 0.717) is 0 Å². The van der Waals surface area contributed by atoms with Crippen molar-refractivity contribution >= 4 is 29.2 Å². The Morgan fingerprint density at radius 3 is 2.27 bits per heavy atom. The van der Waals surface area contributed by atoms with Gasteiger partial charge >= 0.3 is 0 Å². The van der Waals surface area contributed by atoms with Gasteiger partial charge in [0.1, 0.15) is 23.7 Å². The normalized spacial score (nSPS) is 17.9. The number of hydrogen-bond donors (Lipinski definition) is 1. The second-order valence-corrected chi connectivity index (χ2v) is 10.4. The molecule has 3 amide bonds. The molecule has 13 heteroatoms. The maximum Gasteiger partial charge on any atom is 0.252 e. The Balaban J connectivity index is 1.67. The van der Waals surface area contributed by atoms with E-state index in [1.54, 1.807) is 0 Å². The third-order valence-corrected chi connectivity index (χ3v) is 7.45. The number of halogens is 3. The van der Waals surface area contributed by atoms with Crippen LogP contribution in [0.4, 0.5) is 24.7 Å². The molecule has 10 nitrogen and oxygen atoms in total. The number of anilines is 2. The largest absolute Gasteiger partial charge is 0.351 e. The van der Waals surface area contributed by atoms with Gasteiger partial charge in [-0.05, 0) is 42.8 Å². The molecule has 1 saturated heterocycles. The van der Waals surface area contributed by atoms with E-state index in [1.165, 1.54) is 54.7 Å². The van der Waals surface area contributed by atoms with E-state index < -0.39 is 60.4 Å². The minimum Gasteiger partial charge on any atom is -0.351 e. The average molecular weight is 598 g/mol. The Morgan fingerprint density at radius 2 is 1.66 bits per heavy atom. The van der Waals surface area contributed by atoms with Crippen molar-refractivity contribution in [3.05, 3.63) is 88.9 Å². The summed E-state index contributed by atoms with van der Waals surface area (Å²) in [7, 11) is 0. The quantitative estimate of drug-likeness (QED) is 0.432. The lowest BCUT2D eigenvalue weighted by molar-refractivity contribution is -0.133. The van der Waals surface area contributed by atoms with Crippen LogP contribution in [0.2, 0.25) is 0 Å². The van der Waals surface area contributed by atoms with Crippen molar-refractivity contribution in [2.24, 2.45) is 0 Å². The predicted molar refractivity (Wildman–Crippen MR) is 148 cm³/mol. The molecule has 2 fully saturated rings. The summed E-state index contributed by atoms with van der Waals surface area (Å²) in [6, 6.07) is 13.2. The highest BCUT2D eigenvalue weighted by Gasteiger charge is 2.48. The van der Waals surface area contributed by atoms with Crippen molar-refractivity contribution in [2.75, 3.05) is 9.80 Å². The van der Waals surface area contributed by atoms with E-state index in [1.807, 2.05) is 18.2 Å². The van der Waals surface area contributed by atoms with Crippen LogP contribution in [0.25, 0.3) is 0 Å². The van der Waals surface area contributed by atoms with Gasteiger partial charge in [-0.3, -0.25) is 24.2 Å². The molecule has 2 atom stereocenters. The summed E-state index contributed by atoms with van der Waals surface area (Å²) in [5, 5.41) is 31.1. The van der Waals surface area contributed by atoms with Gasteiger partial charge in [-0.15, -0.1) is 0 Å².